The highest BCUT2D eigenvalue weighted by Gasteiger charge is 2.50. The summed E-state index contributed by atoms with van der Waals surface area (Å²) in [5.41, 5.74) is 0.503. The quantitative estimate of drug-likeness (QED) is 0.751. The van der Waals surface area contributed by atoms with Crippen LogP contribution in [-0.4, -0.2) is 42.3 Å². The molecule has 2 aliphatic rings. The maximum atomic E-state index is 11.9. The first-order valence-electron chi connectivity index (χ1n) is 6.48. The molecule has 9 heteroatoms. The van der Waals surface area contributed by atoms with E-state index in [1.807, 2.05) is 0 Å². The van der Waals surface area contributed by atoms with Crippen molar-refractivity contribution in [1.29, 1.82) is 0 Å². The van der Waals surface area contributed by atoms with Crippen LogP contribution in [0.5, 0.6) is 0 Å². The van der Waals surface area contributed by atoms with E-state index in [0.29, 0.717) is 20.9 Å². The number of hydrogen-bond donors (Lipinski definition) is 0. The Bertz CT molecular complexity index is 759. The normalized spacial score (nSPS) is 28.1. The standard InChI is InChI=1S/C13H12Cl2N2O3S2/c1-7(18)16-13-17(12-8(14)3-2-4-9(12)15)10-5-22(19,20)6-11(10)21-13/h2-4,10-11H,5-6H2,1H3/t10-,11+/m1/s1. The molecule has 0 spiro atoms. The van der Waals surface area contributed by atoms with Crippen molar-refractivity contribution in [2.45, 2.75) is 18.2 Å². The summed E-state index contributed by atoms with van der Waals surface area (Å²) >= 11 is 13.8. The van der Waals surface area contributed by atoms with Crippen molar-refractivity contribution in [2.24, 2.45) is 4.99 Å². The van der Waals surface area contributed by atoms with Crippen LogP contribution in [0.15, 0.2) is 23.2 Å². The van der Waals surface area contributed by atoms with E-state index in [-0.39, 0.29) is 28.7 Å². The molecule has 2 fully saturated rings. The summed E-state index contributed by atoms with van der Waals surface area (Å²) in [6.45, 7) is 1.35. The molecule has 2 atom stereocenters. The Labute approximate surface area is 142 Å². The first kappa shape index (κ1) is 16.1. The number of hydrogen-bond acceptors (Lipinski definition) is 4. The molecule has 2 heterocycles. The molecule has 0 aromatic heterocycles. The van der Waals surface area contributed by atoms with Crippen LogP contribution in [0.1, 0.15) is 6.92 Å². The van der Waals surface area contributed by atoms with Gasteiger partial charge >= 0.3 is 0 Å². The number of carbonyl (C=O) groups is 1. The van der Waals surface area contributed by atoms with Gasteiger partial charge in [-0.3, -0.25) is 4.79 Å². The van der Waals surface area contributed by atoms with Gasteiger partial charge in [-0.2, -0.15) is 4.99 Å². The first-order valence-corrected chi connectivity index (χ1v) is 9.94. The highest BCUT2D eigenvalue weighted by atomic mass is 35.5. The SMILES string of the molecule is CC(=O)N=C1S[C@H]2CS(=O)(=O)C[C@H]2N1c1c(Cl)cccc1Cl. The predicted molar refractivity (Wildman–Crippen MR) is 90.9 cm³/mol. The van der Waals surface area contributed by atoms with Gasteiger partial charge in [-0.05, 0) is 12.1 Å². The number of aliphatic imine (C=N–C) groups is 1. The van der Waals surface area contributed by atoms with Gasteiger partial charge in [0.25, 0.3) is 0 Å². The number of rotatable bonds is 1. The summed E-state index contributed by atoms with van der Waals surface area (Å²) in [5.74, 6) is -0.278. The fourth-order valence-corrected chi connectivity index (χ4v) is 7.20. The van der Waals surface area contributed by atoms with Crippen LogP contribution in [-0.2, 0) is 14.6 Å². The zero-order valence-electron chi connectivity index (χ0n) is 11.5. The molecule has 0 radical (unpaired) electrons. The topological polar surface area (TPSA) is 66.8 Å². The molecule has 0 saturated carbocycles. The van der Waals surface area contributed by atoms with Gasteiger partial charge in [0.05, 0.1) is 33.3 Å². The van der Waals surface area contributed by atoms with Crippen molar-refractivity contribution in [2.75, 3.05) is 16.4 Å². The van der Waals surface area contributed by atoms with E-state index in [2.05, 4.69) is 4.99 Å². The lowest BCUT2D eigenvalue weighted by atomic mass is 10.2. The van der Waals surface area contributed by atoms with E-state index >= 15 is 0 Å². The molecule has 1 amide bonds. The second kappa shape index (κ2) is 5.70. The summed E-state index contributed by atoms with van der Waals surface area (Å²) in [6, 6.07) is 4.75. The van der Waals surface area contributed by atoms with Gasteiger partial charge in [-0.25, -0.2) is 8.42 Å². The van der Waals surface area contributed by atoms with E-state index < -0.39 is 9.84 Å². The van der Waals surface area contributed by atoms with Crippen molar-refractivity contribution in [3.8, 4) is 0 Å². The number of sulfone groups is 1. The number of halogens is 2. The smallest absolute Gasteiger partial charge is 0.244 e. The minimum Gasteiger partial charge on any atom is -0.313 e. The summed E-state index contributed by atoms with van der Waals surface area (Å²) in [7, 11) is -3.11. The molecule has 3 rings (SSSR count). The van der Waals surface area contributed by atoms with Crippen LogP contribution in [0, 0.1) is 0 Å². The number of para-hydroxylation sites is 1. The van der Waals surface area contributed by atoms with Gasteiger partial charge in [0, 0.05) is 12.2 Å². The second-order valence-electron chi connectivity index (χ2n) is 5.15. The number of nitrogens with zero attached hydrogens (tertiary/aromatic N) is 2. The molecule has 0 unspecified atom stereocenters. The summed E-state index contributed by atoms with van der Waals surface area (Å²) < 4.78 is 23.8. The number of amidine groups is 1. The van der Waals surface area contributed by atoms with Crippen LogP contribution in [0.2, 0.25) is 10.0 Å². The van der Waals surface area contributed by atoms with Crippen LogP contribution in [0.3, 0.4) is 0 Å². The summed E-state index contributed by atoms with van der Waals surface area (Å²) in [5, 5.41) is 1.08. The predicted octanol–water partition coefficient (Wildman–Crippen LogP) is 2.61. The average Bonchev–Trinajstić information content (AvgIpc) is 2.81. The number of amides is 1. The van der Waals surface area contributed by atoms with Gasteiger partial charge in [0.2, 0.25) is 5.91 Å². The molecule has 0 N–H and O–H groups in total. The van der Waals surface area contributed by atoms with Gasteiger partial charge in [-0.15, -0.1) is 0 Å². The van der Waals surface area contributed by atoms with E-state index in [4.69, 9.17) is 23.2 Å². The van der Waals surface area contributed by atoms with E-state index in [1.165, 1.54) is 18.7 Å². The Morgan fingerprint density at radius 1 is 1.32 bits per heavy atom. The van der Waals surface area contributed by atoms with E-state index in [0.717, 1.165) is 0 Å². The van der Waals surface area contributed by atoms with Gasteiger partial charge in [0.15, 0.2) is 15.0 Å². The number of benzene rings is 1. The second-order valence-corrected chi connectivity index (χ2v) is 9.33. The Balaban J connectivity index is 2.13. The molecule has 0 bridgehead atoms. The number of thioether (sulfide) groups is 1. The van der Waals surface area contributed by atoms with Crippen LogP contribution < -0.4 is 4.90 Å². The Morgan fingerprint density at radius 3 is 2.55 bits per heavy atom. The molecule has 1 aromatic rings. The molecule has 1 aromatic carbocycles. The summed E-state index contributed by atoms with van der Waals surface area (Å²) in [6.07, 6.45) is 0. The fraction of sp³-hybridized carbons (Fsp3) is 0.385. The third-order valence-corrected chi connectivity index (χ3v) is 7.32. The number of carbonyl (C=O) groups excluding carboxylic acids is 1. The number of fused-ring (bicyclic) bond motifs is 1. The largest absolute Gasteiger partial charge is 0.313 e. The van der Waals surface area contributed by atoms with Crippen LogP contribution in [0.25, 0.3) is 0 Å². The molecule has 118 valence electrons. The lowest BCUT2D eigenvalue weighted by Gasteiger charge is -2.26. The van der Waals surface area contributed by atoms with Crippen molar-refractivity contribution in [3.63, 3.8) is 0 Å². The minimum absolute atomic E-state index is 0.00312. The van der Waals surface area contributed by atoms with Gasteiger partial charge in [0.1, 0.15) is 0 Å². The summed E-state index contributed by atoms with van der Waals surface area (Å²) in [4.78, 5) is 17.1. The lowest BCUT2D eigenvalue weighted by molar-refractivity contribution is -0.115. The van der Waals surface area contributed by atoms with E-state index in [1.54, 1.807) is 23.1 Å². The lowest BCUT2D eigenvalue weighted by Crippen LogP contribution is -2.38. The molecule has 22 heavy (non-hydrogen) atoms. The fourth-order valence-electron chi connectivity index (χ4n) is 2.68. The van der Waals surface area contributed by atoms with Gasteiger partial charge < -0.3 is 4.90 Å². The molecule has 5 nitrogen and oxygen atoms in total. The van der Waals surface area contributed by atoms with Crippen molar-refractivity contribution < 1.29 is 13.2 Å². The highest BCUT2D eigenvalue weighted by molar-refractivity contribution is 8.16. The number of anilines is 1. The Morgan fingerprint density at radius 2 is 1.95 bits per heavy atom. The molecular formula is C13H12Cl2N2O3S2. The molecule has 2 saturated heterocycles. The average molecular weight is 379 g/mol. The molecule has 2 aliphatic heterocycles. The monoisotopic (exact) mass is 378 g/mol. The first-order chi connectivity index (χ1) is 10.3. The third kappa shape index (κ3) is 2.87. The maximum Gasteiger partial charge on any atom is 0.244 e. The molecule has 0 aliphatic carbocycles. The van der Waals surface area contributed by atoms with Crippen molar-refractivity contribution in [3.05, 3.63) is 28.2 Å². The third-order valence-electron chi connectivity index (χ3n) is 3.50. The van der Waals surface area contributed by atoms with E-state index in [9.17, 15) is 13.2 Å². The zero-order valence-corrected chi connectivity index (χ0v) is 14.6. The maximum absolute atomic E-state index is 11.9. The molecular weight excluding hydrogens is 367 g/mol. The van der Waals surface area contributed by atoms with Crippen molar-refractivity contribution in [1.82, 2.24) is 0 Å². The Kier molecular flexibility index (Phi) is 4.18. The minimum atomic E-state index is -3.11. The van der Waals surface area contributed by atoms with Gasteiger partial charge in [-0.1, -0.05) is 41.0 Å². The van der Waals surface area contributed by atoms with Crippen molar-refractivity contribution >= 4 is 61.6 Å². The highest BCUT2D eigenvalue weighted by Crippen LogP contribution is 2.45. The zero-order chi connectivity index (χ0) is 16.1. The van der Waals surface area contributed by atoms with Crippen LogP contribution >= 0.6 is 35.0 Å². The Hall–Kier alpha value is -0.760. The van der Waals surface area contributed by atoms with Crippen LogP contribution in [0.4, 0.5) is 5.69 Å².